The zero-order valence-corrected chi connectivity index (χ0v) is 39.9. The Balaban J connectivity index is 0.000000520. The summed E-state index contributed by atoms with van der Waals surface area (Å²) in [4.78, 5) is 28.1. The second kappa shape index (κ2) is 28.4. The summed E-state index contributed by atoms with van der Waals surface area (Å²) in [6.45, 7) is 13.5. The molecule has 290 valence electrons. The van der Waals surface area contributed by atoms with Gasteiger partial charge in [-0.25, -0.2) is 0 Å². The zero-order chi connectivity index (χ0) is 38.7. The molecule has 8 heteroatoms. The molecule has 2 aromatic rings. The van der Waals surface area contributed by atoms with E-state index in [-0.39, 0.29) is 5.91 Å². The molecule has 0 aromatic heterocycles. The van der Waals surface area contributed by atoms with E-state index in [9.17, 15) is 9.59 Å². The summed E-state index contributed by atoms with van der Waals surface area (Å²) in [6, 6.07) is 16.0. The van der Waals surface area contributed by atoms with E-state index in [0.717, 1.165) is 29.9 Å². The van der Waals surface area contributed by atoms with Crippen LogP contribution in [0.15, 0.2) is 60.8 Å². The third-order valence-corrected chi connectivity index (χ3v) is 41.1. The van der Waals surface area contributed by atoms with Crippen molar-refractivity contribution in [2.24, 2.45) is 10.7 Å². The standard InChI is InChI=1S/C10H10NO2.C10H8NO2.6C4H9.2Sn/c1-13-9-5-2-8(3-6-9)4-7-10(11)12;1-13-10-4-2-9(3-5-10)6-7-11-8-12;6*1-3-4-2;;/h2-6H,1H3,(H2,11,12);2-6H,1H3;6*1,3-4H2,2H3;;. The van der Waals surface area contributed by atoms with Gasteiger partial charge in [0.05, 0.1) is 0 Å². The molecule has 2 N–H and O–H groups in total. The van der Waals surface area contributed by atoms with Gasteiger partial charge in [0, 0.05) is 0 Å². The Morgan fingerprint density at radius 2 is 0.923 bits per heavy atom. The van der Waals surface area contributed by atoms with Gasteiger partial charge in [0.25, 0.3) is 0 Å². The molecular formula is C44H72N2O4Sn2. The minimum absolute atomic E-state index is 0.181. The number of nitrogens with zero attached hydrogens (tertiary/aromatic N) is 1. The van der Waals surface area contributed by atoms with Gasteiger partial charge in [-0.1, -0.05) is 0 Å². The molecule has 0 aliphatic heterocycles. The van der Waals surface area contributed by atoms with Crippen LogP contribution in [-0.2, 0) is 9.59 Å². The quantitative estimate of drug-likeness (QED) is 0.0440. The molecule has 0 atom stereocenters. The van der Waals surface area contributed by atoms with Crippen molar-refractivity contribution in [3.05, 3.63) is 67.0 Å². The number of benzene rings is 2. The third-order valence-electron chi connectivity index (χ3n) is 10.4. The van der Waals surface area contributed by atoms with Gasteiger partial charge < -0.3 is 0 Å². The molecular weight excluding hydrogens is 858 g/mol. The number of rotatable bonds is 26. The molecule has 6 nitrogen and oxygen atoms in total. The van der Waals surface area contributed by atoms with Crippen LogP contribution < -0.4 is 15.2 Å². The summed E-state index contributed by atoms with van der Waals surface area (Å²) in [5.74, 6) is 1.50. The Kier molecular flexibility index (Phi) is 26.2. The van der Waals surface area contributed by atoms with Gasteiger partial charge >= 0.3 is 329 Å². The number of hydrogen-bond donors (Lipinski definition) is 1. The molecule has 2 rings (SSSR count). The Labute approximate surface area is 326 Å². The fourth-order valence-electron chi connectivity index (χ4n) is 7.19. The molecule has 0 fully saturated rings. The maximum atomic E-state index is 12.5. The molecule has 1 amide bonds. The number of aliphatic imine (C=N–C) groups is 1. The van der Waals surface area contributed by atoms with E-state index in [1.165, 1.54) is 104 Å². The van der Waals surface area contributed by atoms with Crippen molar-refractivity contribution >= 4 is 60.9 Å². The molecule has 52 heavy (non-hydrogen) atoms. The van der Waals surface area contributed by atoms with Crippen LogP contribution in [0.25, 0.3) is 12.2 Å². The molecule has 0 radical (unpaired) electrons. The van der Waals surface area contributed by atoms with E-state index >= 15 is 0 Å². The van der Waals surface area contributed by atoms with E-state index in [0.29, 0.717) is 0 Å². The second-order valence-corrected chi connectivity index (χ2v) is 40.6. The molecule has 0 unspecified atom stereocenters. The Hall–Kier alpha value is -2.03. The first kappa shape index (κ1) is 48.0. The number of amides is 1. The van der Waals surface area contributed by atoms with Gasteiger partial charge in [-0.3, -0.25) is 0 Å². The molecule has 0 aliphatic carbocycles. The molecule has 0 spiro atoms. The van der Waals surface area contributed by atoms with Crippen LogP contribution in [0.4, 0.5) is 0 Å². The predicted molar refractivity (Wildman–Crippen MR) is 229 cm³/mol. The van der Waals surface area contributed by atoms with Crippen molar-refractivity contribution in [1.82, 2.24) is 0 Å². The number of isocyanates is 1. The van der Waals surface area contributed by atoms with Gasteiger partial charge in [-0.2, -0.15) is 0 Å². The fourth-order valence-corrected chi connectivity index (χ4v) is 38.6. The number of methoxy groups -OCH3 is 2. The fraction of sp³-hybridized carbons (Fsp3) is 0.591. The van der Waals surface area contributed by atoms with E-state index < -0.39 is 36.8 Å². The number of hydrogen-bond acceptors (Lipinski definition) is 5. The summed E-state index contributed by atoms with van der Waals surface area (Å²) >= 11 is -5.55. The zero-order valence-electron chi connectivity index (χ0n) is 34.2. The summed E-state index contributed by atoms with van der Waals surface area (Å²) in [5, 5.41) is 0. The third kappa shape index (κ3) is 17.0. The van der Waals surface area contributed by atoms with Crippen molar-refractivity contribution in [2.75, 3.05) is 14.2 Å². The van der Waals surface area contributed by atoms with Crippen LogP contribution in [0, 0.1) is 0 Å². The van der Waals surface area contributed by atoms with Gasteiger partial charge in [-0.15, -0.1) is 0 Å². The van der Waals surface area contributed by atoms with Crippen LogP contribution in [0.5, 0.6) is 11.5 Å². The molecule has 0 aliphatic rings. The van der Waals surface area contributed by atoms with Crippen LogP contribution in [0.2, 0.25) is 26.6 Å². The minimum atomic E-state index is -2.82. The monoisotopic (exact) mass is 932 g/mol. The molecule has 2 aromatic carbocycles. The second-order valence-electron chi connectivity index (χ2n) is 14.4. The van der Waals surface area contributed by atoms with Crippen LogP contribution >= 0.6 is 0 Å². The topological polar surface area (TPSA) is 91.0 Å². The summed E-state index contributed by atoms with van der Waals surface area (Å²) in [7, 11) is 3.34. The molecule has 0 heterocycles. The van der Waals surface area contributed by atoms with Crippen molar-refractivity contribution in [2.45, 2.75) is 145 Å². The van der Waals surface area contributed by atoms with Crippen LogP contribution in [-0.4, -0.2) is 63.0 Å². The van der Waals surface area contributed by atoms with Crippen molar-refractivity contribution in [3.63, 3.8) is 0 Å². The van der Waals surface area contributed by atoms with Crippen LogP contribution in [0.3, 0.4) is 0 Å². The number of nitrogens with two attached hydrogens (primary N) is 1. The first-order chi connectivity index (χ1) is 25.2. The molecule has 0 saturated heterocycles. The van der Waals surface area contributed by atoms with E-state index in [1.807, 2.05) is 42.5 Å². The Morgan fingerprint density at radius 3 is 1.21 bits per heavy atom. The normalized spacial score (nSPS) is 12.1. The van der Waals surface area contributed by atoms with E-state index in [2.05, 4.69) is 70.8 Å². The molecule has 0 saturated carbocycles. The van der Waals surface area contributed by atoms with Gasteiger partial charge in [0.2, 0.25) is 0 Å². The van der Waals surface area contributed by atoms with Gasteiger partial charge in [0.1, 0.15) is 0 Å². The summed E-state index contributed by atoms with van der Waals surface area (Å²) in [5.41, 5.74) is 8.13. The first-order valence-electron chi connectivity index (χ1n) is 20.3. The average Bonchev–Trinajstić information content (AvgIpc) is 3.17. The van der Waals surface area contributed by atoms with Gasteiger partial charge in [0.15, 0.2) is 0 Å². The molecule has 0 bridgehead atoms. The number of carbonyl (C=O) groups excluding carboxylic acids is 2. The summed E-state index contributed by atoms with van der Waals surface area (Å²) < 4.78 is 20.2. The first-order valence-corrected chi connectivity index (χ1v) is 35.2. The van der Waals surface area contributed by atoms with Crippen molar-refractivity contribution in [3.8, 4) is 11.5 Å². The number of ether oxygens (including phenoxy) is 2. The number of primary amides is 1. The predicted octanol–water partition coefficient (Wildman–Crippen LogP) is 12.7. The maximum absolute atomic E-state index is 12.5. The number of unbranched alkanes of at least 4 members (excludes halogenated alkanes) is 6. The van der Waals surface area contributed by atoms with E-state index in [1.54, 1.807) is 14.2 Å². The average molecular weight is 930 g/mol. The summed E-state index contributed by atoms with van der Waals surface area (Å²) in [6.07, 6.45) is 20.7. The SMILES string of the molecule is CCC[CH2][Sn]([CH2]CCC)([CH2]CCC)/[C](=C/c1ccc(OC)cc1)C(N)=O.CCC[CH2][Sn]([CH2]CCC)([CH2]CCC)/[C](=C/c1ccc(OC)cc1)N=C=O. The number of carbonyl (C=O) groups is 1. The van der Waals surface area contributed by atoms with Crippen molar-refractivity contribution in [1.29, 1.82) is 0 Å². The van der Waals surface area contributed by atoms with Gasteiger partial charge in [-0.05, 0) is 0 Å². The Morgan fingerprint density at radius 1 is 0.596 bits per heavy atom. The van der Waals surface area contributed by atoms with Crippen LogP contribution in [0.1, 0.15) is 130 Å². The van der Waals surface area contributed by atoms with E-state index in [4.69, 9.17) is 15.2 Å². The van der Waals surface area contributed by atoms with Crippen molar-refractivity contribution < 1.29 is 19.1 Å². The Bertz CT molecular complexity index is 1230.